The van der Waals surface area contributed by atoms with E-state index in [1.54, 1.807) is 0 Å². The molecule has 182 valence electrons. The van der Waals surface area contributed by atoms with Crippen LogP contribution in [0.5, 0.6) is 0 Å². The van der Waals surface area contributed by atoms with Gasteiger partial charge in [0.25, 0.3) is 0 Å². The molecule has 0 aliphatic rings. The summed E-state index contributed by atoms with van der Waals surface area (Å²) in [4.78, 5) is 0. The van der Waals surface area contributed by atoms with E-state index < -0.39 is 0 Å². The molecule has 39 heavy (non-hydrogen) atoms. The van der Waals surface area contributed by atoms with Crippen LogP contribution in [0.1, 0.15) is 0 Å². The number of aromatic nitrogens is 1. The Balaban J connectivity index is 1.44. The van der Waals surface area contributed by atoms with Crippen molar-refractivity contribution in [3.05, 3.63) is 127 Å². The first-order chi connectivity index (χ1) is 19.4. The fourth-order valence-corrected chi connectivity index (χ4v) is 6.40. The Morgan fingerprint density at radius 2 is 0.949 bits per heavy atom. The summed E-state index contributed by atoms with van der Waals surface area (Å²) in [6.45, 7) is 0. The summed E-state index contributed by atoms with van der Waals surface area (Å²) in [5.41, 5.74) is 9.16. The molecule has 0 fully saturated rings. The minimum atomic E-state index is 0.865. The van der Waals surface area contributed by atoms with Crippen molar-refractivity contribution in [3.63, 3.8) is 0 Å². The molecule has 0 saturated carbocycles. The summed E-state index contributed by atoms with van der Waals surface area (Å²) < 4.78 is 15.3. The standard InChI is InChI=1S/C36H21NO2/c1-4-16-28-22(10-1)23-11-2-5-17-29(23)37(28)30-18-9-21-33-35(30)34-25(13-8-20-32(34)38-33)27-15-7-14-26-24-12-3-6-19-31(24)39-36(26)27/h1-21H. The SMILES string of the molecule is c1ccc2c(c1)oc1c(-c3cccc4oc5cccc(-n6c7ccccc7c7ccccc76)c5c34)cccc12. The lowest BCUT2D eigenvalue weighted by Gasteiger charge is -2.11. The molecule has 0 amide bonds. The maximum absolute atomic E-state index is 6.50. The van der Waals surface area contributed by atoms with Gasteiger partial charge in [-0.05, 0) is 42.0 Å². The maximum atomic E-state index is 6.50. The maximum Gasteiger partial charge on any atom is 0.143 e. The Bertz CT molecular complexity index is 2350. The van der Waals surface area contributed by atoms with Gasteiger partial charge < -0.3 is 13.4 Å². The second-order valence-electron chi connectivity index (χ2n) is 10.1. The highest BCUT2D eigenvalue weighted by Crippen LogP contribution is 2.44. The highest BCUT2D eigenvalue weighted by molar-refractivity contribution is 6.20. The number of nitrogens with zero attached hydrogens (tertiary/aromatic N) is 1. The van der Waals surface area contributed by atoms with Crippen LogP contribution in [0.4, 0.5) is 0 Å². The van der Waals surface area contributed by atoms with E-state index in [4.69, 9.17) is 8.83 Å². The topological polar surface area (TPSA) is 31.2 Å². The molecule has 3 heteroatoms. The smallest absolute Gasteiger partial charge is 0.143 e. The third-order valence-electron chi connectivity index (χ3n) is 8.02. The van der Waals surface area contributed by atoms with Gasteiger partial charge in [-0.1, -0.05) is 91.0 Å². The molecule has 9 aromatic rings. The van der Waals surface area contributed by atoms with Crippen LogP contribution in [0.25, 0.3) is 82.5 Å². The van der Waals surface area contributed by atoms with Crippen LogP contribution in [0.3, 0.4) is 0 Å². The van der Waals surface area contributed by atoms with E-state index in [2.05, 4.69) is 120 Å². The van der Waals surface area contributed by atoms with Gasteiger partial charge in [0, 0.05) is 32.5 Å². The first-order valence-electron chi connectivity index (χ1n) is 13.2. The summed E-state index contributed by atoms with van der Waals surface area (Å²) in [7, 11) is 0. The molecule has 6 aromatic carbocycles. The third-order valence-corrected chi connectivity index (χ3v) is 8.02. The summed E-state index contributed by atoms with van der Waals surface area (Å²) in [5, 5.41) is 6.93. The Labute approximate surface area is 223 Å². The lowest BCUT2D eigenvalue weighted by Crippen LogP contribution is -1.94. The van der Waals surface area contributed by atoms with Gasteiger partial charge in [-0.2, -0.15) is 0 Å². The fraction of sp³-hybridized carbons (Fsp3) is 0. The molecule has 9 rings (SSSR count). The predicted molar refractivity (Wildman–Crippen MR) is 161 cm³/mol. The van der Waals surface area contributed by atoms with Crippen LogP contribution in [0, 0.1) is 0 Å². The lowest BCUT2D eigenvalue weighted by molar-refractivity contribution is 0.668. The van der Waals surface area contributed by atoms with Crippen LogP contribution in [-0.2, 0) is 0 Å². The molecule has 0 bridgehead atoms. The van der Waals surface area contributed by atoms with E-state index in [1.807, 2.05) is 12.1 Å². The molecule has 0 N–H and O–H groups in total. The lowest BCUT2D eigenvalue weighted by atomic mass is 9.97. The first-order valence-corrected chi connectivity index (χ1v) is 13.2. The summed E-state index contributed by atoms with van der Waals surface area (Å²) >= 11 is 0. The molecule has 0 saturated heterocycles. The van der Waals surface area contributed by atoms with Crippen molar-refractivity contribution in [2.75, 3.05) is 0 Å². The summed E-state index contributed by atoms with van der Waals surface area (Å²) in [5.74, 6) is 0. The number of hydrogen-bond donors (Lipinski definition) is 0. The number of furan rings is 2. The molecule has 3 nitrogen and oxygen atoms in total. The van der Waals surface area contributed by atoms with Gasteiger partial charge >= 0.3 is 0 Å². The van der Waals surface area contributed by atoms with Gasteiger partial charge in [-0.3, -0.25) is 0 Å². The van der Waals surface area contributed by atoms with Crippen LogP contribution in [-0.4, -0.2) is 4.57 Å². The van der Waals surface area contributed by atoms with Crippen molar-refractivity contribution in [3.8, 4) is 16.8 Å². The number of benzene rings is 6. The largest absolute Gasteiger partial charge is 0.456 e. The molecule has 3 aromatic heterocycles. The second-order valence-corrected chi connectivity index (χ2v) is 10.1. The molecule has 0 unspecified atom stereocenters. The van der Waals surface area contributed by atoms with Gasteiger partial charge in [-0.25, -0.2) is 0 Å². The molecule has 0 aliphatic heterocycles. The minimum Gasteiger partial charge on any atom is -0.456 e. The number of fused-ring (bicyclic) bond motifs is 9. The van der Waals surface area contributed by atoms with E-state index in [0.717, 1.165) is 60.7 Å². The van der Waals surface area contributed by atoms with E-state index >= 15 is 0 Å². The first kappa shape index (κ1) is 20.7. The van der Waals surface area contributed by atoms with Crippen molar-refractivity contribution in [1.29, 1.82) is 0 Å². The molecule has 0 aliphatic carbocycles. The van der Waals surface area contributed by atoms with E-state index in [0.29, 0.717) is 0 Å². The quantitative estimate of drug-likeness (QED) is 0.237. The van der Waals surface area contributed by atoms with E-state index in [-0.39, 0.29) is 0 Å². The Morgan fingerprint density at radius 3 is 1.74 bits per heavy atom. The van der Waals surface area contributed by atoms with Gasteiger partial charge in [0.15, 0.2) is 0 Å². The number of para-hydroxylation sites is 4. The average molecular weight is 500 g/mol. The zero-order valence-electron chi connectivity index (χ0n) is 20.9. The summed E-state index contributed by atoms with van der Waals surface area (Å²) in [6.07, 6.45) is 0. The van der Waals surface area contributed by atoms with Crippen LogP contribution >= 0.6 is 0 Å². The fourth-order valence-electron chi connectivity index (χ4n) is 6.40. The highest BCUT2D eigenvalue weighted by Gasteiger charge is 2.21. The molecular weight excluding hydrogens is 478 g/mol. The molecule has 3 heterocycles. The van der Waals surface area contributed by atoms with Crippen molar-refractivity contribution < 1.29 is 8.83 Å². The molecular formula is C36H21NO2. The van der Waals surface area contributed by atoms with Crippen molar-refractivity contribution >= 4 is 65.7 Å². The second kappa shape index (κ2) is 7.62. The van der Waals surface area contributed by atoms with Gasteiger partial charge in [0.1, 0.15) is 22.3 Å². The van der Waals surface area contributed by atoms with Crippen LogP contribution < -0.4 is 0 Å². The Hall–Kier alpha value is -5.28. The third kappa shape index (κ3) is 2.76. The zero-order chi connectivity index (χ0) is 25.5. The molecule has 0 atom stereocenters. The zero-order valence-corrected chi connectivity index (χ0v) is 20.9. The predicted octanol–water partition coefficient (Wildman–Crippen LogP) is 10.2. The monoisotopic (exact) mass is 499 g/mol. The summed E-state index contributed by atoms with van der Waals surface area (Å²) in [6, 6.07) is 44.6. The van der Waals surface area contributed by atoms with Crippen molar-refractivity contribution in [1.82, 2.24) is 4.57 Å². The number of rotatable bonds is 2. The van der Waals surface area contributed by atoms with Gasteiger partial charge in [0.2, 0.25) is 0 Å². The average Bonchev–Trinajstić information content (AvgIpc) is 3.66. The van der Waals surface area contributed by atoms with E-state index in [9.17, 15) is 0 Å². The van der Waals surface area contributed by atoms with Gasteiger partial charge in [0.05, 0.1) is 22.1 Å². The minimum absolute atomic E-state index is 0.865. The Morgan fingerprint density at radius 1 is 0.385 bits per heavy atom. The van der Waals surface area contributed by atoms with Crippen LogP contribution in [0.2, 0.25) is 0 Å². The van der Waals surface area contributed by atoms with Gasteiger partial charge in [-0.15, -0.1) is 0 Å². The van der Waals surface area contributed by atoms with Crippen LogP contribution in [0.15, 0.2) is 136 Å². The van der Waals surface area contributed by atoms with Crippen molar-refractivity contribution in [2.45, 2.75) is 0 Å². The van der Waals surface area contributed by atoms with E-state index in [1.165, 1.54) is 21.8 Å². The normalized spacial score (nSPS) is 12.1. The molecule has 0 spiro atoms. The van der Waals surface area contributed by atoms with Crippen molar-refractivity contribution in [2.24, 2.45) is 0 Å². The number of hydrogen-bond acceptors (Lipinski definition) is 2. The Kier molecular flexibility index (Phi) is 4.05. The highest BCUT2D eigenvalue weighted by atomic mass is 16.3. The molecule has 0 radical (unpaired) electrons.